The summed E-state index contributed by atoms with van der Waals surface area (Å²) in [6.45, 7) is 8.28. The van der Waals surface area contributed by atoms with Gasteiger partial charge < -0.3 is 25.0 Å². The number of methoxy groups -OCH3 is 2. The van der Waals surface area contributed by atoms with Gasteiger partial charge in [0, 0.05) is 52.9 Å². The molecule has 0 aromatic heterocycles. The predicted molar refractivity (Wildman–Crippen MR) is 146 cm³/mol. The second kappa shape index (κ2) is 15.0. The van der Waals surface area contributed by atoms with Gasteiger partial charge in [0.25, 0.3) is 0 Å². The Labute approximate surface area is 215 Å². The molecule has 0 aliphatic carbocycles. The van der Waals surface area contributed by atoms with Crippen LogP contribution in [-0.2, 0) is 13.1 Å². The van der Waals surface area contributed by atoms with E-state index < -0.39 is 0 Å². The Balaban J connectivity index is 0.00000385. The molecule has 0 amide bonds. The molecule has 0 atom stereocenters. The Hall–Kier alpha value is -2.04. The summed E-state index contributed by atoms with van der Waals surface area (Å²) in [5, 5.41) is 6.78. The Bertz CT molecular complexity index is 842. The molecule has 2 aromatic carbocycles. The van der Waals surface area contributed by atoms with E-state index in [2.05, 4.69) is 55.8 Å². The highest BCUT2D eigenvalue weighted by Crippen LogP contribution is 2.27. The lowest BCUT2D eigenvalue weighted by atomic mass is 10.2. The molecular weight excluding hydrogens is 529 g/mol. The number of nitrogens with zero attached hydrogens (tertiary/aromatic N) is 3. The minimum atomic E-state index is 0. The van der Waals surface area contributed by atoms with Crippen molar-refractivity contribution in [3.8, 4) is 11.5 Å². The minimum Gasteiger partial charge on any atom is -0.493 e. The van der Waals surface area contributed by atoms with Crippen molar-refractivity contribution in [2.24, 2.45) is 4.99 Å². The summed E-state index contributed by atoms with van der Waals surface area (Å²) in [6, 6.07) is 16.7. The molecule has 3 rings (SSSR count). The summed E-state index contributed by atoms with van der Waals surface area (Å²) in [7, 11) is 5.10. The first-order valence-corrected chi connectivity index (χ1v) is 11.4. The zero-order chi connectivity index (χ0) is 22.6. The summed E-state index contributed by atoms with van der Waals surface area (Å²) >= 11 is 0. The van der Waals surface area contributed by atoms with Crippen LogP contribution in [0.1, 0.15) is 17.5 Å². The van der Waals surface area contributed by atoms with E-state index in [9.17, 15) is 0 Å². The number of benzene rings is 2. The normalized spacial score (nSPS) is 14.9. The van der Waals surface area contributed by atoms with Crippen LogP contribution in [0.15, 0.2) is 53.5 Å². The topological polar surface area (TPSA) is 61.4 Å². The summed E-state index contributed by atoms with van der Waals surface area (Å²) in [5.41, 5.74) is 2.51. The van der Waals surface area contributed by atoms with Crippen LogP contribution in [0.5, 0.6) is 11.5 Å². The molecule has 33 heavy (non-hydrogen) atoms. The summed E-state index contributed by atoms with van der Waals surface area (Å²) in [6.07, 6.45) is 1.09. The fourth-order valence-corrected chi connectivity index (χ4v) is 3.92. The van der Waals surface area contributed by atoms with Crippen LogP contribution in [0.4, 0.5) is 0 Å². The fourth-order valence-electron chi connectivity index (χ4n) is 3.92. The number of ether oxygens (including phenoxy) is 2. The molecule has 1 aliphatic rings. The van der Waals surface area contributed by atoms with Crippen LogP contribution in [0, 0.1) is 0 Å². The van der Waals surface area contributed by atoms with E-state index in [1.807, 2.05) is 18.2 Å². The molecule has 1 fully saturated rings. The number of guanidine groups is 1. The highest BCUT2D eigenvalue weighted by Gasteiger charge is 2.16. The third-order valence-electron chi connectivity index (χ3n) is 5.79. The number of hydrogen-bond acceptors (Lipinski definition) is 5. The van der Waals surface area contributed by atoms with Gasteiger partial charge in [0.2, 0.25) is 0 Å². The van der Waals surface area contributed by atoms with Crippen molar-refractivity contribution in [2.45, 2.75) is 19.5 Å². The van der Waals surface area contributed by atoms with Gasteiger partial charge in [0.05, 0.1) is 14.2 Å². The standard InChI is InChI=1S/C25H37N5O2.HI/c1-26-25(28-19-22-10-11-23(31-2)24(18-22)32-3)27-12-7-13-29-14-16-30(17-15-29)20-21-8-5-4-6-9-21;/h4-6,8-11,18H,7,12-17,19-20H2,1-3H3,(H2,26,27,28);1H. The maximum absolute atomic E-state index is 5.38. The third kappa shape index (κ3) is 9.02. The Morgan fingerprint density at radius 2 is 1.58 bits per heavy atom. The van der Waals surface area contributed by atoms with Gasteiger partial charge in [-0.05, 0) is 36.2 Å². The van der Waals surface area contributed by atoms with Gasteiger partial charge in [-0.2, -0.15) is 0 Å². The molecule has 0 unspecified atom stereocenters. The molecule has 0 bridgehead atoms. The zero-order valence-electron chi connectivity index (χ0n) is 20.0. The molecule has 8 heteroatoms. The van der Waals surface area contributed by atoms with E-state index in [-0.39, 0.29) is 24.0 Å². The monoisotopic (exact) mass is 567 g/mol. The molecule has 182 valence electrons. The molecule has 2 aromatic rings. The fraction of sp³-hybridized carbons (Fsp3) is 0.480. The highest BCUT2D eigenvalue weighted by atomic mass is 127. The van der Waals surface area contributed by atoms with Crippen molar-refractivity contribution < 1.29 is 9.47 Å². The molecule has 0 spiro atoms. The molecule has 1 heterocycles. The number of aliphatic imine (C=N–C) groups is 1. The maximum Gasteiger partial charge on any atom is 0.191 e. The highest BCUT2D eigenvalue weighted by molar-refractivity contribution is 14.0. The van der Waals surface area contributed by atoms with Gasteiger partial charge >= 0.3 is 0 Å². The van der Waals surface area contributed by atoms with Crippen LogP contribution >= 0.6 is 24.0 Å². The average Bonchev–Trinajstić information content (AvgIpc) is 2.85. The number of rotatable bonds is 10. The first kappa shape index (κ1) is 27.2. The van der Waals surface area contributed by atoms with Crippen molar-refractivity contribution in [1.82, 2.24) is 20.4 Å². The van der Waals surface area contributed by atoms with E-state index in [0.717, 1.165) is 75.3 Å². The van der Waals surface area contributed by atoms with E-state index >= 15 is 0 Å². The quantitative estimate of drug-likeness (QED) is 0.199. The number of nitrogens with one attached hydrogen (secondary N) is 2. The molecule has 2 N–H and O–H groups in total. The molecular formula is C25H38IN5O2. The second-order valence-electron chi connectivity index (χ2n) is 8.00. The SMILES string of the molecule is CN=C(NCCCN1CCN(Cc2ccccc2)CC1)NCc1ccc(OC)c(OC)c1.I. The van der Waals surface area contributed by atoms with Crippen LogP contribution in [0.3, 0.4) is 0 Å². The molecule has 1 aliphatic heterocycles. The van der Waals surface area contributed by atoms with Gasteiger partial charge in [-0.3, -0.25) is 9.89 Å². The zero-order valence-corrected chi connectivity index (χ0v) is 22.4. The van der Waals surface area contributed by atoms with Crippen LogP contribution in [0.2, 0.25) is 0 Å². The van der Waals surface area contributed by atoms with Crippen molar-refractivity contribution in [2.75, 3.05) is 60.5 Å². The lowest BCUT2D eigenvalue weighted by Gasteiger charge is -2.34. The Morgan fingerprint density at radius 1 is 0.879 bits per heavy atom. The van der Waals surface area contributed by atoms with Crippen LogP contribution < -0.4 is 20.1 Å². The van der Waals surface area contributed by atoms with Gasteiger partial charge in [0.15, 0.2) is 17.5 Å². The second-order valence-corrected chi connectivity index (χ2v) is 8.00. The first-order chi connectivity index (χ1) is 15.7. The summed E-state index contributed by atoms with van der Waals surface area (Å²) in [5.74, 6) is 2.28. The van der Waals surface area contributed by atoms with Gasteiger partial charge in [-0.15, -0.1) is 24.0 Å². The molecule has 0 radical (unpaired) electrons. The summed E-state index contributed by atoms with van der Waals surface area (Å²) < 4.78 is 10.7. The smallest absolute Gasteiger partial charge is 0.191 e. The number of halogens is 1. The Morgan fingerprint density at radius 3 is 2.24 bits per heavy atom. The Kier molecular flexibility index (Phi) is 12.3. The van der Waals surface area contributed by atoms with Crippen molar-refractivity contribution in [1.29, 1.82) is 0 Å². The summed E-state index contributed by atoms with van der Waals surface area (Å²) in [4.78, 5) is 9.44. The van der Waals surface area contributed by atoms with E-state index in [4.69, 9.17) is 9.47 Å². The number of piperazine rings is 1. The molecule has 0 saturated carbocycles. The maximum atomic E-state index is 5.38. The van der Waals surface area contributed by atoms with Gasteiger partial charge in [0.1, 0.15) is 0 Å². The van der Waals surface area contributed by atoms with Gasteiger partial charge in [-0.1, -0.05) is 36.4 Å². The lowest BCUT2D eigenvalue weighted by Crippen LogP contribution is -2.46. The molecule has 1 saturated heterocycles. The first-order valence-electron chi connectivity index (χ1n) is 11.4. The minimum absolute atomic E-state index is 0. The third-order valence-corrected chi connectivity index (χ3v) is 5.79. The van der Waals surface area contributed by atoms with E-state index in [1.165, 1.54) is 5.56 Å². The van der Waals surface area contributed by atoms with Crippen molar-refractivity contribution in [3.05, 3.63) is 59.7 Å². The lowest BCUT2D eigenvalue weighted by molar-refractivity contribution is 0.126. The van der Waals surface area contributed by atoms with E-state index in [1.54, 1.807) is 21.3 Å². The van der Waals surface area contributed by atoms with Crippen molar-refractivity contribution in [3.63, 3.8) is 0 Å². The van der Waals surface area contributed by atoms with Crippen LogP contribution in [0.25, 0.3) is 0 Å². The molecule has 7 nitrogen and oxygen atoms in total. The largest absolute Gasteiger partial charge is 0.493 e. The predicted octanol–water partition coefficient (Wildman–Crippen LogP) is 3.19. The van der Waals surface area contributed by atoms with Crippen LogP contribution in [-0.4, -0.2) is 76.3 Å². The van der Waals surface area contributed by atoms with Gasteiger partial charge in [-0.25, -0.2) is 0 Å². The van der Waals surface area contributed by atoms with Crippen molar-refractivity contribution >= 4 is 29.9 Å². The average molecular weight is 568 g/mol. The van der Waals surface area contributed by atoms with E-state index in [0.29, 0.717) is 6.54 Å². The number of hydrogen-bond donors (Lipinski definition) is 2.